The standard InChI is InChI=1S/C6H13NO6/c8-1-2-3(9)4(10)5(11)6(7-12)13-2/h2-12H,1H2/t2-,3-,4+,5-,6?/m1/s1. The molecule has 0 aromatic heterocycles. The van der Waals surface area contributed by atoms with Crippen LogP contribution in [0.15, 0.2) is 0 Å². The highest BCUT2D eigenvalue weighted by molar-refractivity contribution is 4.89. The van der Waals surface area contributed by atoms with Crippen LogP contribution in [0.25, 0.3) is 0 Å². The van der Waals surface area contributed by atoms with Gasteiger partial charge in [0.15, 0.2) is 6.23 Å². The highest BCUT2D eigenvalue weighted by Crippen LogP contribution is 2.18. The van der Waals surface area contributed by atoms with Crippen LogP contribution in [0.5, 0.6) is 0 Å². The van der Waals surface area contributed by atoms with Crippen molar-refractivity contribution >= 4 is 0 Å². The zero-order valence-electron chi connectivity index (χ0n) is 6.74. The molecule has 6 N–H and O–H groups in total. The molecule has 0 aromatic rings. The first-order chi connectivity index (χ1) is 6.11. The van der Waals surface area contributed by atoms with Gasteiger partial charge in [0.1, 0.15) is 24.4 Å². The molecule has 0 radical (unpaired) electrons. The molecule has 13 heavy (non-hydrogen) atoms. The predicted octanol–water partition coefficient (Wildman–Crippen LogP) is -3.23. The molecule has 0 saturated carbocycles. The summed E-state index contributed by atoms with van der Waals surface area (Å²) in [7, 11) is 0. The van der Waals surface area contributed by atoms with Crippen molar-refractivity contribution in [3.8, 4) is 0 Å². The van der Waals surface area contributed by atoms with Gasteiger partial charge in [0.2, 0.25) is 0 Å². The molecule has 1 rings (SSSR count). The number of rotatable bonds is 2. The van der Waals surface area contributed by atoms with Crippen molar-refractivity contribution in [3.63, 3.8) is 0 Å². The van der Waals surface area contributed by atoms with E-state index in [-0.39, 0.29) is 0 Å². The minimum absolute atomic E-state index is 0.511. The van der Waals surface area contributed by atoms with E-state index in [1.165, 1.54) is 0 Å². The third-order valence-electron chi connectivity index (χ3n) is 2.02. The second-order valence-corrected chi connectivity index (χ2v) is 2.88. The van der Waals surface area contributed by atoms with Crippen LogP contribution in [0.3, 0.4) is 0 Å². The smallest absolute Gasteiger partial charge is 0.158 e. The van der Waals surface area contributed by atoms with Crippen LogP contribution in [-0.2, 0) is 4.74 Å². The lowest BCUT2D eigenvalue weighted by Crippen LogP contribution is -2.61. The summed E-state index contributed by atoms with van der Waals surface area (Å²) in [5.41, 5.74) is 1.61. The Labute approximate surface area is 74.1 Å². The van der Waals surface area contributed by atoms with E-state index in [0.29, 0.717) is 0 Å². The minimum atomic E-state index is -1.46. The maximum Gasteiger partial charge on any atom is 0.158 e. The van der Waals surface area contributed by atoms with Crippen molar-refractivity contribution in [2.24, 2.45) is 0 Å². The average Bonchev–Trinajstić information content (AvgIpc) is 2.15. The maximum atomic E-state index is 9.22. The quantitative estimate of drug-likeness (QED) is 0.256. The fraction of sp³-hybridized carbons (Fsp3) is 1.00. The van der Waals surface area contributed by atoms with Crippen molar-refractivity contribution in [2.45, 2.75) is 30.6 Å². The van der Waals surface area contributed by atoms with Crippen molar-refractivity contribution in [3.05, 3.63) is 0 Å². The Balaban J connectivity index is 2.66. The Morgan fingerprint density at radius 2 is 1.69 bits per heavy atom. The van der Waals surface area contributed by atoms with Gasteiger partial charge in [-0.1, -0.05) is 0 Å². The third kappa shape index (κ3) is 1.97. The van der Waals surface area contributed by atoms with E-state index in [1.807, 2.05) is 0 Å². The molecule has 5 atom stereocenters. The van der Waals surface area contributed by atoms with Crippen molar-refractivity contribution < 1.29 is 30.4 Å². The van der Waals surface area contributed by atoms with Gasteiger partial charge in [0.25, 0.3) is 0 Å². The maximum absolute atomic E-state index is 9.22. The summed E-state index contributed by atoms with van der Waals surface area (Å²) in [6, 6.07) is 0. The average molecular weight is 195 g/mol. The molecule has 0 amide bonds. The molecule has 1 aliphatic heterocycles. The van der Waals surface area contributed by atoms with Gasteiger partial charge in [0.05, 0.1) is 6.61 Å². The Morgan fingerprint density at radius 3 is 2.15 bits per heavy atom. The number of hydrogen-bond donors (Lipinski definition) is 6. The van der Waals surface area contributed by atoms with E-state index in [1.54, 1.807) is 5.48 Å². The molecule has 1 aliphatic rings. The topological polar surface area (TPSA) is 122 Å². The normalized spacial score (nSPS) is 46.4. The largest absolute Gasteiger partial charge is 0.394 e. The summed E-state index contributed by atoms with van der Waals surface area (Å²) in [5.74, 6) is 0. The molecule has 0 spiro atoms. The van der Waals surface area contributed by atoms with Gasteiger partial charge in [-0.15, -0.1) is 0 Å². The molecule has 1 saturated heterocycles. The van der Waals surface area contributed by atoms with Gasteiger partial charge in [0, 0.05) is 0 Å². The van der Waals surface area contributed by atoms with E-state index in [9.17, 15) is 15.3 Å². The first-order valence-corrected chi connectivity index (χ1v) is 3.82. The number of aliphatic hydroxyl groups excluding tert-OH is 4. The van der Waals surface area contributed by atoms with Gasteiger partial charge >= 0.3 is 0 Å². The number of nitrogens with one attached hydrogen (secondary N) is 1. The number of ether oxygens (including phenoxy) is 1. The van der Waals surface area contributed by atoms with E-state index in [2.05, 4.69) is 0 Å². The molecule has 1 fully saturated rings. The molecular weight excluding hydrogens is 182 g/mol. The zero-order chi connectivity index (χ0) is 10.0. The molecule has 7 nitrogen and oxygen atoms in total. The molecule has 7 heteroatoms. The van der Waals surface area contributed by atoms with Crippen LogP contribution in [0.1, 0.15) is 0 Å². The Hall–Kier alpha value is -0.280. The van der Waals surface area contributed by atoms with E-state index in [0.717, 1.165) is 0 Å². The minimum Gasteiger partial charge on any atom is -0.394 e. The fourth-order valence-electron chi connectivity index (χ4n) is 1.21. The zero-order valence-corrected chi connectivity index (χ0v) is 6.74. The van der Waals surface area contributed by atoms with Crippen LogP contribution < -0.4 is 5.48 Å². The van der Waals surface area contributed by atoms with Crippen LogP contribution in [0.2, 0.25) is 0 Å². The van der Waals surface area contributed by atoms with Crippen LogP contribution >= 0.6 is 0 Å². The molecular formula is C6H13NO6. The first-order valence-electron chi connectivity index (χ1n) is 3.82. The molecule has 0 aliphatic carbocycles. The van der Waals surface area contributed by atoms with Crippen LogP contribution in [0, 0.1) is 0 Å². The van der Waals surface area contributed by atoms with E-state index >= 15 is 0 Å². The lowest BCUT2D eigenvalue weighted by Gasteiger charge is -2.39. The highest BCUT2D eigenvalue weighted by atomic mass is 16.6. The lowest BCUT2D eigenvalue weighted by molar-refractivity contribution is -0.255. The summed E-state index contributed by atoms with van der Waals surface area (Å²) >= 11 is 0. The first kappa shape index (κ1) is 10.8. The Morgan fingerprint density at radius 1 is 1.08 bits per heavy atom. The van der Waals surface area contributed by atoms with Gasteiger partial charge in [-0.3, -0.25) is 0 Å². The summed E-state index contributed by atoms with van der Waals surface area (Å²) in [6.45, 7) is -0.511. The second-order valence-electron chi connectivity index (χ2n) is 2.88. The van der Waals surface area contributed by atoms with Gasteiger partial charge in [-0.25, -0.2) is 0 Å². The SMILES string of the molecule is OC[C@H]1OC(NO)[C@H](O)[C@@H](O)[C@@H]1O. The van der Waals surface area contributed by atoms with Crippen LogP contribution in [-0.4, -0.2) is 62.9 Å². The number of aliphatic hydroxyl groups is 4. The number of hydroxylamine groups is 1. The van der Waals surface area contributed by atoms with Gasteiger partial charge in [-0.05, 0) is 0 Å². The monoisotopic (exact) mass is 195 g/mol. The number of hydrogen-bond acceptors (Lipinski definition) is 7. The molecule has 0 aromatic carbocycles. The third-order valence-corrected chi connectivity index (χ3v) is 2.02. The fourth-order valence-corrected chi connectivity index (χ4v) is 1.21. The lowest BCUT2D eigenvalue weighted by atomic mass is 9.99. The molecule has 0 bridgehead atoms. The Kier molecular flexibility index (Phi) is 3.56. The van der Waals surface area contributed by atoms with Crippen molar-refractivity contribution in [1.29, 1.82) is 0 Å². The summed E-state index contributed by atoms with van der Waals surface area (Å²) < 4.78 is 4.81. The Bertz CT molecular complexity index is 147. The molecule has 1 unspecified atom stereocenters. The molecule has 78 valence electrons. The van der Waals surface area contributed by atoms with Crippen molar-refractivity contribution in [1.82, 2.24) is 5.48 Å². The predicted molar refractivity (Wildman–Crippen MR) is 38.7 cm³/mol. The second kappa shape index (κ2) is 4.29. The van der Waals surface area contributed by atoms with Crippen molar-refractivity contribution in [2.75, 3.05) is 6.61 Å². The molecule has 1 heterocycles. The highest BCUT2D eigenvalue weighted by Gasteiger charge is 2.43. The van der Waals surface area contributed by atoms with Crippen LogP contribution in [0.4, 0.5) is 0 Å². The van der Waals surface area contributed by atoms with E-state index in [4.69, 9.17) is 15.1 Å². The van der Waals surface area contributed by atoms with E-state index < -0.39 is 37.3 Å². The summed E-state index contributed by atoms with van der Waals surface area (Å²) in [5, 5.41) is 44.8. The summed E-state index contributed by atoms with van der Waals surface area (Å²) in [4.78, 5) is 0. The van der Waals surface area contributed by atoms with Gasteiger partial charge in [-0.2, -0.15) is 5.48 Å². The van der Waals surface area contributed by atoms with Gasteiger partial charge < -0.3 is 30.4 Å². The summed E-state index contributed by atoms with van der Waals surface area (Å²) in [6.07, 6.45) is -6.51.